The number of ether oxygens (including phenoxy) is 2. The van der Waals surface area contributed by atoms with E-state index in [0.717, 1.165) is 5.56 Å². The maximum atomic E-state index is 12.4. The van der Waals surface area contributed by atoms with E-state index in [1.807, 2.05) is 12.1 Å². The fourth-order valence-corrected chi connectivity index (χ4v) is 2.63. The molecule has 3 rings (SSSR count). The summed E-state index contributed by atoms with van der Waals surface area (Å²) >= 11 is 6.14. The topological polar surface area (TPSA) is 78.3 Å². The van der Waals surface area contributed by atoms with Crippen molar-refractivity contribution in [2.24, 2.45) is 0 Å². The Morgan fingerprint density at radius 1 is 1.19 bits per heavy atom. The van der Waals surface area contributed by atoms with E-state index < -0.39 is 0 Å². The first-order valence-corrected chi connectivity index (χ1v) is 8.16. The summed E-state index contributed by atoms with van der Waals surface area (Å²) in [4.78, 5) is 12.4. The molecular weight excluding hydrogens is 356 g/mol. The molecule has 0 spiro atoms. The maximum Gasteiger partial charge on any atom is 0.273 e. The number of hydrogen-bond donors (Lipinski definition) is 1. The van der Waals surface area contributed by atoms with Crippen LogP contribution in [0.2, 0.25) is 5.02 Å². The second kappa shape index (κ2) is 7.88. The number of nitrogens with one attached hydrogen (secondary N) is 1. The monoisotopic (exact) mass is 372 g/mol. The second-order valence-corrected chi connectivity index (χ2v) is 5.77. The minimum atomic E-state index is -0.354. The van der Waals surface area contributed by atoms with Gasteiger partial charge in [0.15, 0.2) is 5.69 Å². The number of aromatic nitrogens is 3. The number of carbonyl (C=O) groups is 1. The summed E-state index contributed by atoms with van der Waals surface area (Å²) < 4.78 is 12.0. The molecule has 26 heavy (non-hydrogen) atoms. The highest BCUT2D eigenvalue weighted by Crippen LogP contribution is 2.24. The van der Waals surface area contributed by atoms with Crippen LogP contribution in [0.15, 0.2) is 48.7 Å². The predicted molar refractivity (Wildman–Crippen MR) is 97.1 cm³/mol. The van der Waals surface area contributed by atoms with Gasteiger partial charge in [0.05, 0.1) is 31.1 Å². The highest BCUT2D eigenvalue weighted by Gasteiger charge is 2.14. The van der Waals surface area contributed by atoms with Gasteiger partial charge in [-0.1, -0.05) is 28.9 Å². The van der Waals surface area contributed by atoms with E-state index >= 15 is 0 Å². The number of carbonyl (C=O) groups excluding carboxylic acids is 1. The minimum Gasteiger partial charge on any atom is -0.497 e. The lowest BCUT2D eigenvalue weighted by molar-refractivity contribution is 0.0945. The predicted octanol–water partition coefficient (Wildman–Crippen LogP) is 2.87. The molecular formula is C18H17ClN4O3. The van der Waals surface area contributed by atoms with Crippen LogP contribution in [-0.2, 0) is 6.54 Å². The van der Waals surface area contributed by atoms with Gasteiger partial charge in [0.25, 0.3) is 5.91 Å². The van der Waals surface area contributed by atoms with Crippen LogP contribution in [0.25, 0.3) is 5.69 Å². The van der Waals surface area contributed by atoms with Gasteiger partial charge in [-0.25, -0.2) is 4.68 Å². The van der Waals surface area contributed by atoms with Gasteiger partial charge in [0.1, 0.15) is 11.5 Å². The molecule has 8 heteroatoms. The molecule has 1 amide bonds. The lowest BCUT2D eigenvalue weighted by atomic mass is 10.2. The van der Waals surface area contributed by atoms with Crippen LogP contribution in [0.3, 0.4) is 0 Å². The van der Waals surface area contributed by atoms with Gasteiger partial charge in [-0.2, -0.15) is 0 Å². The fraction of sp³-hybridized carbons (Fsp3) is 0.167. The van der Waals surface area contributed by atoms with E-state index in [-0.39, 0.29) is 18.1 Å². The molecule has 0 aliphatic rings. The fourth-order valence-electron chi connectivity index (χ4n) is 2.41. The van der Waals surface area contributed by atoms with Crippen molar-refractivity contribution in [3.8, 4) is 17.2 Å². The number of methoxy groups -OCH3 is 2. The first-order valence-electron chi connectivity index (χ1n) is 7.78. The Kier molecular flexibility index (Phi) is 5.38. The van der Waals surface area contributed by atoms with Crippen molar-refractivity contribution in [1.29, 1.82) is 0 Å². The summed E-state index contributed by atoms with van der Waals surface area (Å²) in [6, 6.07) is 12.6. The van der Waals surface area contributed by atoms with E-state index in [1.165, 1.54) is 10.9 Å². The Balaban J connectivity index is 1.73. The molecule has 0 aliphatic carbocycles. The highest BCUT2D eigenvalue weighted by atomic mass is 35.5. The van der Waals surface area contributed by atoms with Crippen molar-refractivity contribution in [1.82, 2.24) is 20.3 Å². The number of benzene rings is 2. The molecule has 0 radical (unpaired) electrons. The number of nitrogens with zero attached hydrogens (tertiary/aromatic N) is 3. The molecule has 1 heterocycles. The third kappa shape index (κ3) is 3.78. The quantitative estimate of drug-likeness (QED) is 0.719. The molecule has 0 fully saturated rings. The van der Waals surface area contributed by atoms with Crippen molar-refractivity contribution in [2.75, 3.05) is 14.2 Å². The zero-order valence-electron chi connectivity index (χ0n) is 14.3. The summed E-state index contributed by atoms with van der Waals surface area (Å²) in [5, 5.41) is 11.2. The Hall–Kier alpha value is -3.06. The van der Waals surface area contributed by atoms with Crippen molar-refractivity contribution in [3.63, 3.8) is 0 Å². The largest absolute Gasteiger partial charge is 0.497 e. The first-order chi connectivity index (χ1) is 12.6. The standard InChI is InChI=1S/C18H17ClN4O3/c1-25-13-7-8-17(26-2)12(9-13)10-20-18(24)15-11-23(22-21-15)16-6-4-3-5-14(16)19/h3-9,11H,10H2,1-2H3,(H,20,24). The molecule has 1 N–H and O–H groups in total. The van der Waals surface area contributed by atoms with Gasteiger partial charge in [-0.05, 0) is 30.3 Å². The average molecular weight is 373 g/mol. The smallest absolute Gasteiger partial charge is 0.273 e. The Morgan fingerprint density at radius 2 is 2.00 bits per heavy atom. The summed E-state index contributed by atoms with van der Waals surface area (Å²) in [7, 11) is 3.15. The summed E-state index contributed by atoms with van der Waals surface area (Å²) in [5.74, 6) is 0.985. The van der Waals surface area contributed by atoms with E-state index in [1.54, 1.807) is 44.6 Å². The molecule has 0 atom stereocenters. The Labute approximate surface area is 155 Å². The van der Waals surface area contributed by atoms with E-state index in [9.17, 15) is 4.79 Å². The van der Waals surface area contributed by atoms with Gasteiger partial charge in [-0.15, -0.1) is 5.10 Å². The molecule has 0 unspecified atom stereocenters. The average Bonchev–Trinajstić information content (AvgIpc) is 3.16. The highest BCUT2D eigenvalue weighted by molar-refractivity contribution is 6.32. The SMILES string of the molecule is COc1ccc(OC)c(CNC(=O)c2cn(-c3ccccc3Cl)nn2)c1. The molecule has 1 aromatic heterocycles. The van der Waals surface area contributed by atoms with Gasteiger partial charge in [0.2, 0.25) is 0 Å². The third-order valence-electron chi connectivity index (χ3n) is 3.75. The zero-order valence-corrected chi connectivity index (χ0v) is 15.0. The zero-order chi connectivity index (χ0) is 18.5. The number of hydrogen-bond acceptors (Lipinski definition) is 5. The van der Waals surface area contributed by atoms with Gasteiger partial charge < -0.3 is 14.8 Å². The van der Waals surface area contributed by atoms with Crippen LogP contribution >= 0.6 is 11.6 Å². The number of amides is 1. The molecule has 0 bridgehead atoms. The van der Waals surface area contributed by atoms with Crippen molar-refractivity contribution < 1.29 is 14.3 Å². The minimum absolute atomic E-state index is 0.187. The molecule has 7 nitrogen and oxygen atoms in total. The Morgan fingerprint density at radius 3 is 2.73 bits per heavy atom. The summed E-state index contributed by atoms with van der Waals surface area (Å²) in [5.41, 5.74) is 1.63. The van der Waals surface area contributed by atoms with Crippen LogP contribution in [0, 0.1) is 0 Å². The van der Waals surface area contributed by atoms with Crippen LogP contribution in [-0.4, -0.2) is 35.1 Å². The summed E-state index contributed by atoms with van der Waals surface area (Å²) in [6.07, 6.45) is 1.53. The number of rotatable bonds is 6. The lowest BCUT2D eigenvalue weighted by Crippen LogP contribution is -2.23. The summed E-state index contributed by atoms with van der Waals surface area (Å²) in [6.45, 7) is 0.262. The van der Waals surface area contributed by atoms with Gasteiger partial charge in [-0.3, -0.25) is 4.79 Å². The van der Waals surface area contributed by atoms with Crippen molar-refractivity contribution in [3.05, 3.63) is 64.9 Å². The molecule has 2 aromatic carbocycles. The first kappa shape index (κ1) is 17.8. The normalized spacial score (nSPS) is 10.4. The van der Waals surface area contributed by atoms with E-state index in [2.05, 4.69) is 15.6 Å². The Bertz CT molecular complexity index is 926. The van der Waals surface area contributed by atoms with Crippen LogP contribution in [0.4, 0.5) is 0 Å². The third-order valence-corrected chi connectivity index (χ3v) is 4.07. The lowest BCUT2D eigenvalue weighted by Gasteiger charge is -2.10. The van der Waals surface area contributed by atoms with Crippen LogP contribution in [0.1, 0.15) is 16.1 Å². The van der Waals surface area contributed by atoms with Crippen LogP contribution < -0.4 is 14.8 Å². The van der Waals surface area contributed by atoms with Gasteiger partial charge in [0, 0.05) is 12.1 Å². The van der Waals surface area contributed by atoms with Crippen molar-refractivity contribution in [2.45, 2.75) is 6.54 Å². The maximum absolute atomic E-state index is 12.4. The molecule has 0 saturated heterocycles. The van der Waals surface area contributed by atoms with Crippen LogP contribution in [0.5, 0.6) is 11.5 Å². The number of halogens is 1. The van der Waals surface area contributed by atoms with E-state index in [0.29, 0.717) is 22.2 Å². The number of para-hydroxylation sites is 1. The molecule has 0 saturated carbocycles. The molecule has 3 aromatic rings. The van der Waals surface area contributed by atoms with E-state index in [4.69, 9.17) is 21.1 Å². The second-order valence-electron chi connectivity index (χ2n) is 5.36. The molecule has 0 aliphatic heterocycles. The van der Waals surface area contributed by atoms with Crippen molar-refractivity contribution >= 4 is 17.5 Å². The van der Waals surface area contributed by atoms with Gasteiger partial charge >= 0.3 is 0 Å². The molecule has 134 valence electrons.